The third-order valence-corrected chi connectivity index (χ3v) is 3.90. The second-order valence-electron chi connectivity index (χ2n) is 6.09. The Balaban J connectivity index is 1.61. The van der Waals surface area contributed by atoms with Gasteiger partial charge in [0.2, 0.25) is 5.91 Å². The van der Waals surface area contributed by atoms with Crippen molar-refractivity contribution in [2.24, 2.45) is 0 Å². The average molecular weight is 331 g/mol. The Morgan fingerprint density at radius 1 is 1.00 bits per heavy atom. The molecule has 0 aliphatic heterocycles. The van der Waals surface area contributed by atoms with Gasteiger partial charge in [0.1, 0.15) is 5.82 Å². The van der Waals surface area contributed by atoms with Crippen LogP contribution >= 0.6 is 0 Å². The number of benzene rings is 2. The molecule has 4 heteroatoms. The molecule has 0 atom stereocenters. The van der Waals surface area contributed by atoms with Crippen LogP contribution in [0.3, 0.4) is 0 Å². The van der Waals surface area contributed by atoms with E-state index in [1.54, 1.807) is 6.20 Å². The Labute approximate surface area is 147 Å². The van der Waals surface area contributed by atoms with Gasteiger partial charge in [0, 0.05) is 5.69 Å². The molecule has 1 amide bonds. The Bertz CT molecular complexity index is 858. The highest BCUT2D eigenvalue weighted by molar-refractivity contribution is 5.92. The number of amides is 1. The number of hydrogen-bond acceptors (Lipinski definition) is 3. The van der Waals surface area contributed by atoms with E-state index in [0.717, 1.165) is 17.1 Å². The molecule has 2 aromatic carbocycles. The lowest BCUT2D eigenvalue weighted by Gasteiger charge is -2.10. The zero-order valence-electron chi connectivity index (χ0n) is 14.4. The Morgan fingerprint density at radius 2 is 1.80 bits per heavy atom. The molecule has 126 valence electrons. The number of aromatic nitrogens is 1. The van der Waals surface area contributed by atoms with Gasteiger partial charge in [-0.3, -0.25) is 4.79 Å². The first kappa shape index (κ1) is 16.7. The maximum absolute atomic E-state index is 12.1. The van der Waals surface area contributed by atoms with Gasteiger partial charge in [-0.15, -0.1) is 0 Å². The summed E-state index contributed by atoms with van der Waals surface area (Å²) in [5.41, 5.74) is 5.10. The molecule has 0 spiro atoms. The molecule has 0 saturated carbocycles. The monoisotopic (exact) mass is 331 g/mol. The van der Waals surface area contributed by atoms with Crippen LogP contribution in [0.25, 0.3) is 0 Å². The van der Waals surface area contributed by atoms with E-state index in [0.29, 0.717) is 12.1 Å². The molecule has 1 aromatic heterocycles. The highest BCUT2D eigenvalue weighted by Crippen LogP contribution is 2.21. The number of nitrogens with one attached hydrogen (secondary N) is 2. The first-order valence-electron chi connectivity index (χ1n) is 8.24. The third-order valence-electron chi connectivity index (χ3n) is 3.90. The molecule has 0 saturated heterocycles. The summed E-state index contributed by atoms with van der Waals surface area (Å²) in [4.78, 5) is 16.5. The predicted molar refractivity (Wildman–Crippen MR) is 102 cm³/mol. The van der Waals surface area contributed by atoms with Gasteiger partial charge in [-0.05, 0) is 43.2 Å². The lowest BCUT2D eigenvalue weighted by Crippen LogP contribution is -2.14. The Kier molecular flexibility index (Phi) is 5.09. The molecule has 1 heterocycles. The minimum atomic E-state index is -0.0527. The lowest BCUT2D eigenvalue weighted by atomic mass is 10.1. The number of hydrogen-bond donors (Lipinski definition) is 2. The number of carbonyl (C=O) groups excluding carboxylic acids is 1. The Morgan fingerprint density at radius 3 is 2.48 bits per heavy atom. The fraction of sp³-hybridized carbons (Fsp3) is 0.143. The normalized spacial score (nSPS) is 10.3. The van der Waals surface area contributed by atoms with Gasteiger partial charge >= 0.3 is 0 Å². The van der Waals surface area contributed by atoms with E-state index in [9.17, 15) is 4.79 Å². The largest absolute Gasteiger partial charge is 0.340 e. The highest BCUT2D eigenvalue weighted by atomic mass is 16.1. The minimum Gasteiger partial charge on any atom is -0.340 e. The van der Waals surface area contributed by atoms with E-state index in [2.05, 4.69) is 41.6 Å². The van der Waals surface area contributed by atoms with Crippen molar-refractivity contribution in [3.63, 3.8) is 0 Å². The number of anilines is 3. The summed E-state index contributed by atoms with van der Waals surface area (Å²) in [7, 11) is 0. The van der Waals surface area contributed by atoms with Crippen LogP contribution in [0, 0.1) is 13.8 Å². The smallest absolute Gasteiger partial charge is 0.228 e. The van der Waals surface area contributed by atoms with Gasteiger partial charge in [-0.1, -0.05) is 48.0 Å². The third kappa shape index (κ3) is 4.67. The summed E-state index contributed by atoms with van der Waals surface area (Å²) in [5.74, 6) is 0.691. The van der Waals surface area contributed by atoms with Gasteiger partial charge in [0.15, 0.2) is 0 Å². The van der Waals surface area contributed by atoms with Gasteiger partial charge in [-0.25, -0.2) is 4.98 Å². The lowest BCUT2D eigenvalue weighted by molar-refractivity contribution is -0.115. The number of carbonyl (C=O) groups is 1. The van der Waals surface area contributed by atoms with Crippen molar-refractivity contribution in [2.45, 2.75) is 20.3 Å². The molecule has 0 aliphatic rings. The van der Waals surface area contributed by atoms with E-state index in [4.69, 9.17) is 0 Å². The molecule has 0 bridgehead atoms. The van der Waals surface area contributed by atoms with Gasteiger partial charge in [0.05, 0.1) is 18.3 Å². The van der Waals surface area contributed by atoms with E-state index < -0.39 is 0 Å². The molecule has 0 aliphatic carbocycles. The standard InChI is InChI=1S/C21H21N3O/c1-15-8-10-19(16(2)12-15)24-20-11-9-18(14-22-20)23-21(25)13-17-6-4-3-5-7-17/h3-12,14H,13H2,1-2H3,(H,22,24)(H,23,25). The van der Waals surface area contributed by atoms with Crippen molar-refractivity contribution in [2.75, 3.05) is 10.6 Å². The summed E-state index contributed by atoms with van der Waals surface area (Å²) in [6.45, 7) is 4.13. The van der Waals surface area contributed by atoms with Gasteiger partial charge < -0.3 is 10.6 Å². The summed E-state index contributed by atoms with van der Waals surface area (Å²) in [5, 5.41) is 6.17. The van der Waals surface area contributed by atoms with E-state index >= 15 is 0 Å². The fourth-order valence-electron chi connectivity index (χ4n) is 2.62. The summed E-state index contributed by atoms with van der Waals surface area (Å²) in [6.07, 6.45) is 2.01. The van der Waals surface area contributed by atoms with Crippen LogP contribution in [-0.2, 0) is 11.2 Å². The topological polar surface area (TPSA) is 54.0 Å². The maximum Gasteiger partial charge on any atom is 0.228 e. The predicted octanol–water partition coefficient (Wildman–Crippen LogP) is 4.62. The number of nitrogens with zero attached hydrogens (tertiary/aromatic N) is 1. The van der Waals surface area contributed by atoms with E-state index in [-0.39, 0.29) is 5.91 Å². The Hall–Kier alpha value is -3.14. The summed E-state index contributed by atoms with van der Waals surface area (Å²) < 4.78 is 0. The van der Waals surface area contributed by atoms with Crippen molar-refractivity contribution in [1.82, 2.24) is 4.98 Å². The molecule has 4 nitrogen and oxygen atoms in total. The first-order chi connectivity index (χ1) is 12.1. The van der Waals surface area contributed by atoms with Crippen molar-refractivity contribution in [1.29, 1.82) is 0 Å². The molecule has 0 radical (unpaired) electrons. The van der Waals surface area contributed by atoms with E-state index in [1.807, 2.05) is 48.5 Å². The van der Waals surface area contributed by atoms with Crippen LogP contribution < -0.4 is 10.6 Å². The molecular formula is C21H21N3O. The highest BCUT2D eigenvalue weighted by Gasteiger charge is 2.05. The zero-order valence-corrected chi connectivity index (χ0v) is 14.4. The van der Waals surface area contributed by atoms with Crippen molar-refractivity contribution in [3.8, 4) is 0 Å². The molecule has 25 heavy (non-hydrogen) atoms. The zero-order chi connectivity index (χ0) is 17.6. The molecule has 3 rings (SSSR count). The van der Waals surface area contributed by atoms with E-state index in [1.165, 1.54) is 11.1 Å². The molecule has 0 unspecified atom stereocenters. The molecular weight excluding hydrogens is 310 g/mol. The number of rotatable bonds is 5. The van der Waals surface area contributed by atoms with Crippen LogP contribution in [0.5, 0.6) is 0 Å². The summed E-state index contributed by atoms with van der Waals surface area (Å²) >= 11 is 0. The van der Waals surface area contributed by atoms with Crippen LogP contribution in [0.1, 0.15) is 16.7 Å². The van der Waals surface area contributed by atoms with Gasteiger partial charge in [-0.2, -0.15) is 0 Å². The SMILES string of the molecule is Cc1ccc(Nc2ccc(NC(=O)Cc3ccccc3)cn2)c(C)c1. The number of pyridine rings is 1. The van der Waals surface area contributed by atoms with Crippen molar-refractivity contribution < 1.29 is 4.79 Å². The quantitative estimate of drug-likeness (QED) is 0.717. The van der Waals surface area contributed by atoms with Crippen molar-refractivity contribution >= 4 is 23.1 Å². The van der Waals surface area contributed by atoms with Crippen LogP contribution in [0.4, 0.5) is 17.2 Å². The maximum atomic E-state index is 12.1. The number of aryl methyl sites for hydroxylation is 2. The average Bonchev–Trinajstić information content (AvgIpc) is 2.60. The first-order valence-corrected chi connectivity index (χ1v) is 8.24. The molecule has 0 fully saturated rings. The fourth-order valence-corrected chi connectivity index (χ4v) is 2.62. The van der Waals surface area contributed by atoms with Crippen LogP contribution in [0.2, 0.25) is 0 Å². The second kappa shape index (κ2) is 7.62. The molecule has 3 aromatic rings. The van der Waals surface area contributed by atoms with Crippen LogP contribution in [0.15, 0.2) is 66.9 Å². The summed E-state index contributed by atoms with van der Waals surface area (Å²) in [6, 6.07) is 19.6. The molecule has 2 N–H and O–H groups in total. The van der Waals surface area contributed by atoms with Crippen molar-refractivity contribution in [3.05, 3.63) is 83.6 Å². The second-order valence-corrected chi connectivity index (χ2v) is 6.09. The van der Waals surface area contributed by atoms with Gasteiger partial charge in [0.25, 0.3) is 0 Å². The minimum absolute atomic E-state index is 0.0527. The van der Waals surface area contributed by atoms with Crippen LogP contribution in [-0.4, -0.2) is 10.9 Å².